The van der Waals surface area contributed by atoms with E-state index in [1.165, 1.54) is 7.11 Å². The number of nitriles is 1. The third kappa shape index (κ3) is 3.89. The third-order valence-corrected chi connectivity index (χ3v) is 4.80. The fourth-order valence-electron chi connectivity index (χ4n) is 3.06. The molecular weight excluding hydrogens is 354 g/mol. The number of carbonyl (C=O) groups is 1. The van der Waals surface area contributed by atoms with E-state index in [-0.39, 0.29) is 12.0 Å². The van der Waals surface area contributed by atoms with E-state index in [1.807, 2.05) is 32.0 Å². The highest BCUT2D eigenvalue weighted by molar-refractivity contribution is 5.95. The van der Waals surface area contributed by atoms with Gasteiger partial charge in [0.2, 0.25) is 5.91 Å². The van der Waals surface area contributed by atoms with Gasteiger partial charge in [-0.2, -0.15) is 5.26 Å². The Morgan fingerprint density at radius 2 is 1.93 bits per heavy atom. The molecular formula is C22H21N3O3. The van der Waals surface area contributed by atoms with Crippen molar-refractivity contribution < 1.29 is 9.53 Å². The van der Waals surface area contributed by atoms with Crippen molar-refractivity contribution in [2.75, 3.05) is 12.4 Å². The summed E-state index contributed by atoms with van der Waals surface area (Å²) < 4.78 is 5.21. The first-order chi connectivity index (χ1) is 13.4. The summed E-state index contributed by atoms with van der Waals surface area (Å²) >= 11 is 0. The fourth-order valence-corrected chi connectivity index (χ4v) is 3.06. The van der Waals surface area contributed by atoms with Crippen molar-refractivity contribution in [3.8, 4) is 11.8 Å². The molecule has 6 nitrogen and oxygen atoms in total. The molecule has 142 valence electrons. The zero-order valence-electron chi connectivity index (χ0n) is 16.0. The minimum Gasteiger partial charge on any atom is -0.495 e. The second-order valence-corrected chi connectivity index (χ2v) is 6.72. The Bertz CT molecular complexity index is 1140. The van der Waals surface area contributed by atoms with Crippen LogP contribution in [0.4, 0.5) is 5.69 Å². The summed E-state index contributed by atoms with van der Waals surface area (Å²) in [6.45, 7) is 3.98. The van der Waals surface area contributed by atoms with Crippen LogP contribution in [0.5, 0.6) is 5.75 Å². The monoisotopic (exact) mass is 375 g/mol. The standard InChI is InChI=1S/C22H21N3O3/c1-13-8-15-10-16(21(26)25-19(15)9-14(13)2)11-17(12-23)22(27)24-18-6-4-5-7-20(18)28-3/h4-10,17H,11H2,1-3H3,(H,24,27)(H,25,26)/t17-/m0/s1. The van der Waals surface area contributed by atoms with Crippen molar-refractivity contribution in [2.45, 2.75) is 20.3 Å². The van der Waals surface area contributed by atoms with Crippen LogP contribution in [0.3, 0.4) is 0 Å². The van der Waals surface area contributed by atoms with Crippen LogP contribution in [-0.2, 0) is 11.2 Å². The molecule has 0 saturated carbocycles. The predicted octanol–water partition coefficient (Wildman–Crippen LogP) is 3.47. The molecule has 3 rings (SSSR count). The number of pyridine rings is 1. The van der Waals surface area contributed by atoms with Crippen LogP contribution < -0.4 is 15.6 Å². The van der Waals surface area contributed by atoms with Crippen LogP contribution >= 0.6 is 0 Å². The van der Waals surface area contributed by atoms with Gasteiger partial charge >= 0.3 is 0 Å². The van der Waals surface area contributed by atoms with Gasteiger partial charge in [-0.15, -0.1) is 0 Å². The van der Waals surface area contributed by atoms with Crippen molar-refractivity contribution in [2.24, 2.45) is 5.92 Å². The number of fused-ring (bicyclic) bond motifs is 1. The van der Waals surface area contributed by atoms with Crippen LogP contribution in [0.25, 0.3) is 10.9 Å². The number of aromatic nitrogens is 1. The van der Waals surface area contributed by atoms with E-state index in [9.17, 15) is 14.9 Å². The van der Waals surface area contributed by atoms with Gasteiger partial charge < -0.3 is 15.0 Å². The lowest BCUT2D eigenvalue weighted by Crippen LogP contribution is -2.26. The van der Waals surface area contributed by atoms with E-state index in [0.29, 0.717) is 17.0 Å². The maximum absolute atomic E-state index is 12.6. The second-order valence-electron chi connectivity index (χ2n) is 6.72. The van der Waals surface area contributed by atoms with E-state index in [2.05, 4.69) is 10.3 Å². The van der Waals surface area contributed by atoms with E-state index < -0.39 is 11.8 Å². The number of amides is 1. The van der Waals surface area contributed by atoms with Crippen LogP contribution in [0.1, 0.15) is 16.7 Å². The topological polar surface area (TPSA) is 95.0 Å². The van der Waals surface area contributed by atoms with Gasteiger partial charge in [0.1, 0.15) is 11.7 Å². The number of benzene rings is 2. The highest BCUT2D eigenvalue weighted by atomic mass is 16.5. The highest BCUT2D eigenvalue weighted by Crippen LogP contribution is 2.24. The van der Waals surface area contributed by atoms with Crippen molar-refractivity contribution in [3.63, 3.8) is 0 Å². The summed E-state index contributed by atoms with van der Waals surface area (Å²) in [5, 5.41) is 13.1. The minimum atomic E-state index is -1.00. The van der Waals surface area contributed by atoms with Gasteiger partial charge in [-0.05, 0) is 60.7 Å². The maximum Gasteiger partial charge on any atom is 0.251 e. The molecule has 0 unspecified atom stereocenters. The SMILES string of the molecule is COc1ccccc1NC(=O)[C@H](C#N)Cc1cc2cc(C)c(C)cc2[nH]c1=O. The number of aromatic amines is 1. The number of rotatable bonds is 5. The molecule has 0 aliphatic rings. The largest absolute Gasteiger partial charge is 0.495 e. The zero-order valence-corrected chi connectivity index (χ0v) is 16.0. The molecule has 1 aromatic heterocycles. The molecule has 1 atom stereocenters. The first-order valence-corrected chi connectivity index (χ1v) is 8.89. The minimum absolute atomic E-state index is 0.0235. The van der Waals surface area contributed by atoms with Gasteiger partial charge in [0, 0.05) is 17.5 Å². The van der Waals surface area contributed by atoms with Crippen LogP contribution in [-0.4, -0.2) is 18.0 Å². The Hall–Kier alpha value is -3.59. The maximum atomic E-state index is 12.6. The molecule has 3 aromatic rings. The average Bonchev–Trinajstić information content (AvgIpc) is 2.68. The van der Waals surface area contributed by atoms with Gasteiger partial charge in [-0.25, -0.2) is 0 Å². The summed E-state index contributed by atoms with van der Waals surface area (Å²) in [4.78, 5) is 27.9. The molecule has 2 N–H and O–H groups in total. The molecule has 1 heterocycles. The zero-order chi connectivity index (χ0) is 20.3. The Kier molecular flexibility index (Phi) is 5.46. The summed E-state index contributed by atoms with van der Waals surface area (Å²) in [5.74, 6) is -0.983. The molecule has 6 heteroatoms. The van der Waals surface area contributed by atoms with Crippen molar-refractivity contribution in [3.05, 3.63) is 69.5 Å². The molecule has 0 radical (unpaired) electrons. The molecule has 0 bridgehead atoms. The van der Waals surface area contributed by atoms with Gasteiger partial charge in [0.05, 0.1) is 18.9 Å². The molecule has 0 spiro atoms. The van der Waals surface area contributed by atoms with E-state index in [1.54, 1.807) is 30.3 Å². The van der Waals surface area contributed by atoms with Crippen LogP contribution in [0.15, 0.2) is 47.3 Å². The first kappa shape index (κ1) is 19.2. The number of hydrogen-bond acceptors (Lipinski definition) is 4. The number of hydrogen-bond donors (Lipinski definition) is 2. The Morgan fingerprint density at radius 3 is 2.64 bits per heavy atom. The van der Waals surface area contributed by atoms with Gasteiger partial charge in [-0.3, -0.25) is 9.59 Å². The van der Waals surface area contributed by atoms with Gasteiger partial charge in [0.15, 0.2) is 0 Å². The third-order valence-electron chi connectivity index (χ3n) is 4.80. The van der Waals surface area contributed by atoms with Gasteiger partial charge in [-0.1, -0.05) is 12.1 Å². The molecule has 0 aliphatic heterocycles. The van der Waals surface area contributed by atoms with E-state index in [0.717, 1.165) is 22.0 Å². The van der Waals surface area contributed by atoms with Crippen LogP contribution in [0.2, 0.25) is 0 Å². The molecule has 1 amide bonds. The number of ether oxygens (including phenoxy) is 1. The number of anilines is 1. The van der Waals surface area contributed by atoms with Crippen LogP contribution in [0, 0.1) is 31.1 Å². The number of nitrogens with zero attached hydrogens (tertiary/aromatic N) is 1. The smallest absolute Gasteiger partial charge is 0.251 e. The fraction of sp³-hybridized carbons (Fsp3) is 0.227. The summed E-state index contributed by atoms with van der Waals surface area (Å²) in [6.07, 6.45) is 0.0235. The number of carbonyl (C=O) groups excluding carboxylic acids is 1. The van der Waals surface area contributed by atoms with E-state index in [4.69, 9.17) is 4.74 Å². The Labute approximate surface area is 162 Å². The second kappa shape index (κ2) is 7.97. The van der Waals surface area contributed by atoms with Crippen molar-refractivity contribution in [1.82, 2.24) is 4.98 Å². The number of aryl methyl sites for hydroxylation is 2. The average molecular weight is 375 g/mol. The van der Waals surface area contributed by atoms with Crippen molar-refractivity contribution >= 4 is 22.5 Å². The molecule has 28 heavy (non-hydrogen) atoms. The Morgan fingerprint density at radius 1 is 1.21 bits per heavy atom. The number of methoxy groups -OCH3 is 1. The Balaban J connectivity index is 1.87. The first-order valence-electron chi connectivity index (χ1n) is 8.89. The lowest BCUT2D eigenvalue weighted by atomic mass is 9.98. The molecule has 0 aliphatic carbocycles. The quantitative estimate of drug-likeness (QED) is 0.714. The number of H-pyrrole nitrogens is 1. The summed E-state index contributed by atoms with van der Waals surface area (Å²) in [6, 6.07) is 14.6. The number of para-hydroxylation sites is 2. The lowest BCUT2D eigenvalue weighted by molar-refractivity contribution is -0.118. The predicted molar refractivity (Wildman–Crippen MR) is 108 cm³/mol. The van der Waals surface area contributed by atoms with Crippen molar-refractivity contribution in [1.29, 1.82) is 5.26 Å². The van der Waals surface area contributed by atoms with E-state index >= 15 is 0 Å². The van der Waals surface area contributed by atoms with Gasteiger partial charge in [0.25, 0.3) is 5.56 Å². The lowest BCUT2D eigenvalue weighted by Gasteiger charge is -2.13. The molecule has 0 fully saturated rings. The highest BCUT2D eigenvalue weighted by Gasteiger charge is 2.21. The normalized spacial score (nSPS) is 11.6. The summed E-state index contributed by atoms with van der Waals surface area (Å²) in [5.41, 5.74) is 3.52. The molecule has 2 aromatic carbocycles. The summed E-state index contributed by atoms with van der Waals surface area (Å²) in [7, 11) is 1.51. The number of nitrogens with one attached hydrogen (secondary N) is 2. The molecule has 0 saturated heterocycles.